The Labute approximate surface area is 87.4 Å². The van der Waals surface area contributed by atoms with Crippen LogP contribution in [0.5, 0.6) is 0 Å². The van der Waals surface area contributed by atoms with Gasteiger partial charge in [0.05, 0.1) is 0 Å². The van der Waals surface area contributed by atoms with Crippen LogP contribution in [0.25, 0.3) is 0 Å². The summed E-state index contributed by atoms with van der Waals surface area (Å²) in [6.07, 6.45) is 1.60. The normalized spacial score (nSPS) is 6.09. The van der Waals surface area contributed by atoms with Crippen molar-refractivity contribution >= 4 is 36.3 Å². The summed E-state index contributed by atoms with van der Waals surface area (Å²) >= 11 is 0. The number of nitriles is 1. The van der Waals surface area contributed by atoms with Gasteiger partial charge in [0.15, 0.2) is 0 Å². The van der Waals surface area contributed by atoms with Crippen LogP contribution in [0.3, 0.4) is 0 Å². The van der Waals surface area contributed by atoms with E-state index >= 15 is 0 Å². The summed E-state index contributed by atoms with van der Waals surface area (Å²) in [7, 11) is 0. The van der Waals surface area contributed by atoms with Gasteiger partial charge in [-0.1, -0.05) is 6.07 Å². The first-order valence-electron chi connectivity index (χ1n) is 2.53. The van der Waals surface area contributed by atoms with Crippen molar-refractivity contribution in [2.24, 2.45) is 0 Å². The molecular formula is C7H7N2NaO. The fraction of sp³-hybridized carbons (Fsp3) is 0. The van der Waals surface area contributed by atoms with Gasteiger partial charge in [0.1, 0.15) is 18.6 Å². The molecule has 0 fully saturated rings. The van der Waals surface area contributed by atoms with Crippen molar-refractivity contribution in [1.82, 2.24) is 4.98 Å². The van der Waals surface area contributed by atoms with Crippen molar-refractivity contribution in [2.45, 2.75) is 0 Å². The third kappa shape index (κ3) is 5.74. The third-order valence-electron chi connectivity index (χ3n) is 0.779. The van der Waals surface area contributed by atoms with Crippen LogP contribution in [0.1, 0.15) is 5.69 Å². The predicted molar refractivity (Wildman–Crippen MR) is 43.2 cm³/mol. The van der Waals surface area contributed by atoms with E-state index in [1.54, 1.807) is 24.4 Å². The second-order valence-corrected chi connectivity index (χ2v) is 1.33. The van der Waals surface area contributed by atoms with Gasteiger partial charge < -0.3 is 4.79 Å². The van der Waals surface area contributed by atoms with E-state index in [0.717, 1.165) is 0 Å². The summed E-state index contributed by atoms with van der Waals surface area (Å²) in [6, 6.07) is 7.14. The zero-order valence-corrected chi connectivity index (χ0v) is 5.32. The Morgan fingerprint density at radius 1 is 1.45 bits per heavy atom. The molecule has 0 aliphatic rings. The maximum atomic E-state index is 8.23. The second-order valence-electron chi connectivity index (χ2n) is 1.33. The van der Waals surface area contributed by atoms with E-state index in [1.807, 2.05) is 12.9 Å². The second kappa shape index (κ2) is 9.31. The predicted octanol–water partition coefficient (Wildman–Crippen LogP) is 0.120. The Morgan fingerprint density at radius 3 is 2.36 bits per heavy atom. The fourth-order valence-electron chi connectivity index (χ4n) is 0.429. The van der Waals surface area contributed by atoms with E-state index in [0.29, 0.717) is 5.69 Å². The molecule has 0 bridgehead atoms. The van der Waals surface area contributed by atoms with E-state index in [4.69, 9.17) is 10.1 Å². The molecule has 4 heteroatoms. The molecule has 0 unspecified atom stereocenters. The Balaban J connectivity index is 0. The van der Waals surface area contributed by atoms with Gasteiger partial charge in [-0.25, -0.2) is 4.98 Å². The molecule has 1 heterocycles. The van der Waals surface area contributed by atoms with Crippen LogP contribution in [0.4, 0.5) is 0 Å². The summed E-state index contributed by atoms with van der Waals surface area (Å²) in [5.41, 5.74) is 0.465. The topological polar surface area (TPSA) is 53.8 Å². The Hall–Kier alpha value is -0.690. The van der Waals surface area contributed by atoms with Gasteiger partial charge in [-0.2, -0.15) is 5.26 Å². The van der Waals surface area contributed by atoms with Gasteiger partial charge in [-0.05, 0) is 12.1 Å². The van der Waals surface area contributed by atoms with E-state index in [2.05, 4.69) is 4.98 Å². The van der Waals surface area contributed by atoms with Crippen LogP contribution < -0.4 is 0 Å². The number of rotatable bonds is 0. The number of nitrogens with zero attached hydrogens (tertiary/aromatic N) is 2. The van der Waals surface area contributed by atoms with E-state index < -0.39 is 0 Å². The minimum atomic E-state index is 0. The quantitative estimate of drug-likeness (QED) is 0.504. The van der Waals surface area contributed by atoms with Crippen molar-refractivity contribution in [1.29, 1.82) is 5.26 Å². The Kier molecular flexibility index (Phi) is 11.0. The number of pyridine rings is 1. The van der Waals surface area contributed by atoms with Gasteiger partial charge in [-0.15, -0.1) is 0 Å². The molecule has 3 nitrogen and oxygen atoms in total. The van der Waals surface area contributed by atoms with Gasteiger partial charge in [0.25, 0.3) is 0 Å². The summed E-state index contributed by atoms with van der Waals surface area (Å²) < 4.78 is 0. The summed E-state index contributed by atoms with van der Waals surface area (Å²) in [5.74, 6) is 0. The van der Waals surface area contributed by atoms with Crippen molar-refractivity contribution in [3.05, 3.63) is 30.1 Å². The summed E-state index contributed by atoms with van der Waals surface area (Å²) in [6.45, 7) is 2.00. The zero-order valence-electron chi connectivity index (χ0n) is 5.32. The van der Waals surface area contributed by atoms with Crippen molar-refractivity contribution in [3.8, 4) is 6.07 Å². The zero-order chi connectivity index (χ0) is 7.82. The molecular weight excluding hydrogens is 151 g/mol. The van der Waals surface area contributed by atoms with Crippen LogP contribution in [-0.2, 0) is 4.79 Å². The molecule has 0 atom stereocenters. The van der Waals surface area contributed by atoms with E-state index in [9.17, 15) is 0 Å². The van der Waals surface area contributed by atoms with E-state index in [-0.39, 0.29) is 29.6 Å². The molecule has 0 radical (unpaired) electrons. The van der Waals surface area contributed by atoms with E-state index in [1.165, 1.54) is 0 Å². The molecule has 0 saturated heterocycles. The molecule has 0 aliphatic heterocycles. The summed E-state index contributed by atoms with van der Waals surface area (Å²) in [5, 5.41) is 8.23. The first-order chi connectivity index (χ1) is 4.93. The van der Waals surface area contributed by atoms with Crippen molar-refractivity contribution in [3.63, 3.8) is 0 Å². The third-order valence-corrected chi connectivity index (χ3v) is 0.779. The number of carbonyl (C=O) groups excluding carboxylic acids is 1. The summed E-state index contributed by atoms with van der Waals surface area (Å²) in [4.78, 5) is 11.7. The molecule has 0 saturated carbocycles. The van der Waals surface area contributed by atoms with Crippen LogP contribution in [0.15, 0.2) is 24.4 Å². The standard InChI is InChI=1S/C6H4N2.CH2O.Na.H/c7-5-6-3-1-2-4-8-6;1-2;;/h1-4H;1H2;;. The molecule has 0 aromatic carbocycles. The first-order valence-corrected chi connectivity index (χ1v) is 2.53. The molecule has 1 rings (SSSR count). The van der Waals surface area contributed by atoms with Gasteiger partial charge in [0.2, 0.25) is 0 Å². The first kappa shape index (κ1) is 12.9. The van der Waals surface area contributed by atoms with Crippen LogP contribution in [0.2, 0.25) is 0 Å². The fourth-order valence-corrected chi connectivity index (χ4v) is 0.429. The monoisotopic (exact) mass is 158 g/mol. The molecule has 0 aliphatic carbocycles. The van der Waals surface area contributed by atoms with Crippen LogP contribution >= 0.6 is 0 Å². The number of hydrogen-bond donors (Lipinski definition) is 0. The Bertz CT molecular complexity index is 220. The molecule has 0 N–H and O–H groups in total. The number of carbonyl (C=O) groups is 1. The number of hydrogen-bond acceptors (Lipinski definition) is 3. The van der Waals surface area contributed by atoms with Crippen LogP contribution in [-0.4, -0.2) is 41.3 Å². The SMILES string of the molecule is C=O.N#Cc1ccccn1.[NaH]. The van der Waals surface area contributed by atoms with Gasteiger partial charge >= 0.3 is 29.6 Å². The van der Waals surface area contributed by atoms with Gasteiger partial charge in [0, 0.05) is 6.20 Å². The number of aromatic nitrogens is 1. The van der Waals surface area contributed by atoms with Crippen LogP contribution in [0, 0.1) is 11.3 Å². The molecule has 0 amide bonds. The molecule has 0 spiro atoms. The molecule has 11 heavy (non-hydrogen) atoms. The van der Waals surface area contributed by atoms with Gasteiger partial charge in [-0.3, -0.25) is 0 Å². The Morgan fingerprint density at radius 2 is 2.09 bits per heavy atom. The average molecular weight is 158 g/mol. The minimum absolute atomic E-state index is 0. The molecule has 1 aromatic heterocycles. The van der Waals surface area contributed by atoms with Crippen molar-refractivity contribution < 1.29 is 4.79 Å². The van der Waals surface area contributed by atoms with Crippen molar-refractivity contribution in [2.75, 3.05) is 0 Å². The molecule has 1 aromatic rings. The molecule has 52 valence electrons. The maximum absolute atomic E-state index is 8.23. The average Bonchev–Trinajstić information content (AvgIpc) is 2.10.